The highest BCUT2D eigenvalue weighted by Gasteiger charge is 2.33. The maximum Gasteiger partial charge on any atom is 0.344 e. The van der Waals surface area contributed by atoms with E-state index in [-0.39, 0.29) is 31.2 Å². The van der Waals surface area contributed by atoms with E-state index >= 15 is 0 Å². The minimum absolute atomic E-state index is 0.172. The van der Waals surface area contributed by atoms with Crippen LogP contribution in [0.2, 0.25) is 0 Å². The molecule has 11 heteroatoms. The summed E-state index contributed by atoms with van der Waals surface area (Å²) in [6.07, 6.45) is 1.76. The number of halogens is 2. The summed E-state index contributed by atoms with van der Waals surface area (Å²) in [7, 11) is 0. The second-order valence-electron chi connectivity index (χ2n) is 8.14. The van der Waals surface area contributed by atoms with Crippen molar-refractivity contribution in [3.05, 3.63) is 97.3 Å². The standard InChI is InChI=1S/C28H22Br2N2O6S/c1-2-37-24(33)16-38-25-21(29)12-18(13-22(25)30)14-23-26(34)32(15-17-8-10-19(11-9-17)27(35)36)28(39-23)31-20-6-4-3-5-7-20/h3-14H,2,15-16H2,1H3,(H,35,36)/b23-14-,31-28?. The molecule has 200 valence electrons. The number of amidine groups is 1. The molecule has 1 heterocycles. The molecule has 1 fully saturated rings. The van der Waals surface area contributed by atoms with Gasteiger partial charge in [-0.2, -0.15) is 0 Å². The van der Waals surface area contributed by atoms with Crippen molar-refractivity contribution >= 4 is 78.4 Å². The van der Waals surface area contributed by atoms with Gasteiger partial charge in [0.2, 0.25) is 0 Å². The SMILES string of the molecule is CCOC(=O)COc1c(Br)cc(/C=C2\SC(=Nc3ccccc3)N(Cc3ccc(C(=O)O)cc3)C2=O)cc1Br. The third-order valence-corrected chi connectivity index (χ3v) is 7.55. The number of benzene rings is 3. The number of carboxylic acids is 1. The van der Waals surface area contributed by atoms with Crippen LogP contribution in [0.3, 0.4) is 0 Å². The molecule has 1 saturated heterocycles. The van der Waals surface area contributed by atoms with Crippen molar-refractivity contribution < 1.29 is 29.0 Å². The Morgan fingerprint density at radius 2 is 1.72 bits per heavy atom. The number of hydrogen-bond donors (Lipinski definition) is 1. The molecule has 0 spiro atoms. The van der Waals surface area contributed by atoms with Gasteiger partial charge in [0, 0.05) is 0 Å². The Morgan fingerprint density at radius 1 is 1.05 bits per heavy atom. The minimum Gasteiger partial charge on any atom is -0.480 e. The summed E-state index contributed by atoms with van der Waals surface area (Å²) in [5, 5.41) is 9.69. The van der Waals surface area contributed by atoms with Crippen LogP contribution in [0.15, 0.2) is 85.6 Å². The molecule has 3 aromatic rings. The van der Waals surface area contributed by atoms with Gasteiger partial charge in [0.05, 0.1) is 38.3 Å². The van der Waals surface area contributed by atoms with E-state index in [9.17, 15) is 19.5 Å². The lowest BCUT2D eigenvalue weighted by Gasteiger charge is -2.16. The van der Waals surface area contributed by atoms with Gasteiger partial charge >= 0.3 is 11.9 Å². The summed E-state index contributed by atoms with van der Waals surface area (Å²) >= 11 is 8.20. The number of carbonyl (C=O) groups is 3. The van der Waals surface area contributed by atoms with Crippen LogP contribution in [0.5, 0.6) is 5.75 Å². The summed E-state index contributed by atoms with van der Waals surface area (Å²) in [6, 6.07) is 19.3. The van der Waals surface area contributed by atoms with Gasteiger partial charge in [-0.1, -0.05) is 30.3 Å². The fourth-order valence-corrected chi connectivity index (χ4v) is 6.01. The summed E-state index contributed by atoms with van der Waals surface area (Å²) in [5.74, 6) is -1.28. The van der Waals surface area contributed by atoms with Gasteiger partial charge in [0.15, 0.2) is 11.8 Å². The van der Waals surface area contributed by atoms with Gasteiger partial charge in [-0.3, -0.25) is 9.69 Å². The van der Waals surface area contributed by atoms with E-state index in [1.54, 1.807) is 42.2 Å². The molecule has 4 rings (SSSR count). The van der Waals surface area contributed by atoms with Gasteiger partial charge in [-0.05, 0) is 104 Å². The highest BCUT2D eigenvalue weighted by molar-refractivity contribution is 9.11. The van der Waals surface area contributed by atoms with Gasteiger partial charge in [-0.25, -0.2) is 14.6 Å². The Balaban J connectivity index is 1.62. The Bertz CT molecular complexity index is 1440. The van der Waals surface area contributed by atoms with E-state index in [2.05, 4.69) is 31.9 Å². The predicted molar refractivity (Wildman–Crippen MR) is 157 cm³/mol. The zero-order chi connectivity index (χ0) is 27.9. The Kier molecular flexibility index (Phi) is 9.60. The number of ether oxygens (including phenoxy) is 2. The molecule has 1 aliphatic rings. The first-order valence-corrected chi connectivity index (χ1v) is 14.1. The van der Waals surface area contributed by atoms with E-state index in [0.717, 1.165) is 11.1 Å². The molecule has 0 aromatic heterocycles. The van der Waals surface area contributed by atoms with Gasteiger partial charge in [-0.15, -0.1) is 0 Å². The normalized spacial score (nSPS) is 15.2. The lowest BCUT2D eigenvalue weighted by atomic mass is 10.1. The molecule has 0 saturated carbocycles. The smallest absolute Gasteiger partial charge is 0.344 e. The van der Waals surface area contributed by atoms with Crippen molar-refractivity contribution in [1.82, 2.24) is 4.90 Å². The first-order valence-electron chi connectivity index (χ1n) is 11.7. The zero-order valence-corrected chi connectivity index (χ0v) is 24.6. The Morgan fingerprint density at radius 3 is 2.33 bits per heavy atom. The molecule has 1 amide bonds. The van der Waals surface area contributed by atoms with Crippen molar-refractivity contribution in [1.29, 1.82) is 0 Å². The van der Waals surface area contributed by atoms with Gasteiger partial charge < -0.3 is 14.6 Å². The second kappa shape index (κ2) is 13.1. The quantitative estimate of drug-likeness (QED) is 0.200. The van der Waals surface area contributed by atoms with E-state index in [4.69, 9.17) is 14.5 Å². The summed E-state index contributed by atoms with van der Waals surface area (Å²) in [5.41, 5.74) is 2.36. The second-order valence-corrected chi connectivity index (χ2v) is 10.9. The lowest BCUT2D eigenvalue weighted by molar-refractivity contribution is -0.145. The Hall–Kier alpha value is -3.41. The Labute approximate surface area is 246 Å². The summed E-state index contributed by atoms with van der Waals surface area (Å²) < 4.78 is 11.7. The number of carbonyl (C=O) groups excluding carboxylic acids is 2. The fraction of sp³-hybridized carbons (Fsp3) is 0.143. The summed E-state index contributed by atoms with van der Waals surface area (Å²) in [6.45, 7) is 1.98. The molecule has 8 nitrogen and oxygen atoms in total. The molecular weight excluding hydrogens is 652 g/mol. The highest BCUT2D eigenvalue weighted by Crippen LogP contribution is 2.39. The van der Waals surface area contributed by atoms with E-state index in [1.165, 1.54) is 23.9 Å². The van der Waals surface area contributed by atoms with Crippen LogP contribution >= 0.6 is 43.6 Å². The third-order valence-electron chi connectivity index (χ3n) is 5.37. The van der Waals surface area contributed by atoms with E-state index < -0.39 is 11.9 Å². The number of carboxylic acid groups (broad SMARTS) is 1. The van der Waals surface area contributed by atoms with Crippen molar-refractivity contribution in [3.63, 3.8) is 0 Å². The average molecular weight is 674 g/mol. The molecule has 0 bridgehead atoms. The zero-order valence-electron chi connectivity index (χ0n) is 20.6. The van der Waals surface area contributed by atoms with Crippen molar-refractivity contribution in [2.24, 2.45) is 4.99 Å². The maximum absolute atomic E-state index is 13.5. The highest BCUT2D eigenvalue weighted by atomic mass is 79.9. The first kappa shape index (κ1) is 28.6. The molecule has 0 aliphatic carbocycles. The topological polar surface area (TPSA) is 106 Å². The molecule has 3 aromatic carbocycles. The van der Waals surface area contributed by atoms with Crippen LogP contribution < -0.4 is 4.74 Å². The minimum atomic E-state index is -1.01. The van der Waals surface area contributed by atoms with Crippen LogP contribution in [0, 0.1) is 0 Å². The molecule has 0 atom stereocenters. The number of hydrogen-bond acceptors (Lipinski definition) is 7. The first-order chi connectivity index (χ1) is 18.7. The molecular formula is C28H22Br2N2O6S. The molecule has 1 N–H and O–H groups in total. The van der Waals surface area contributed by atoms with Gasteiger partial charge in [0.25, 0.3) is 5.91 Å². The van der Waals surface area contributed by atoms with Crippen molar-refractivity contribution in [2.45, 2.75) is 13.5 Å². The lowest BCUT2D eigenvalue weighted by Crippen LogP contribution is -2.28. The van der Waals surface area contributed by atoms with E-state index in [0.29, 0.717) is 30.5 Å². The number of aliphatic imine (C=N–C) groups is 1. The molecule has 39 heavy (non-hydrogen) atoms. The van der Waals surface area contributed by atoms with Gasteiger partial charge in [0.1, 0.15) is 5.75 Å². The largest absolute Gasteiger partial charge is 0.480 e. The maximum atomic E-state index is 13.5. The molecule has 0 unspecified atom stereocenters. The third kappa shape index (κ3) is 7.37. The van der Waals surface area contributed by atoms with Crippen LogP contribution in [0.1, 0.15) is 28.4 Å². The number of thioether (sulfide) groups is 1. The number of nitrogens with zero attached hydrogens (tertiary/aromatic N) is 2. The average Bonchev–Trinajstić information content (AvgIpc) is 3.18. The van der Waals surface area contributed by atoms with Crippen LogP contribution in [0.25, 0.3) is 6.08 Å². The van der Waals surface area contributed by atoms with Crippen molar-refractivity contribution in [2.75, 3.05) is 13.2 Å². The monoisotopic (exact) mass is 672 g/mol. The fourth-order valence-electron chi connectivity index (χ4n) is 3.56. The molecule has 1 aliphatic heterocycles. The van der Waals surface area contributed by atoms with Crippen LogP contribution in [0.4, 0.5) is 5.69 Å². The van der Waals surface area contributed by atoms with E-state index in [1.807, 2.05) is 30.3 Å². The molecule has 0 radical (unpaired) electrons. The number of rotatable bonds is 9. The summed E-state index contributed by atoms with van der Waals surface area (Å²) in [4.78, 5) is 43.1. The number of para-hydroxylation sites is 1. The van der Waals surface area contributed by atoms with Crippen molar-refractivity contribution in [3.8, 4) is 5.75 Å². The van der Waals surface area contributed by atoms with Crippen LogP contribution in [-0.2, 0) is 20.9 Å². The van der Waals surface area contributed by atoms with Crippen LogP contribution in [-0.4, -0.2) is 46.2 Å². The number of aromatic carboxylic acids is 1. The predicted octanol–water partition coefficient (Wildman–Crippen LogP) is 6.66. The number of amides is 1. The number of esters is 1.